The molecule has 0 saturated carbocycles. The van der Waals surface area contributed by atoms with Gasteiger partial charge in [-0.05, 0) is 42.3 Å². The smallest absolute Gasteiger partial charge is 0.227 e. The lowest BCUT2D eigenvalue weighted by Gasteiger charge is -2.25. The number of halogens is 1. The van der Waals surface area contributed by atoms with Crippen molar-refractivity contribution in [3.8, 4) is 11.4 Å². The van der Waals surface area contributed by atoms with Crippen molar-refractivity contribution in [3.05, 3.63) is 72.1 Å². The highest BCUT2D eigenvalue weighted by Gasteiger charge is 2.18. The summed E-state index contributed by atoms with van der Waals surface area (Å²) in [5.74, 6) is -0.394. The Labute approximate surface area is 157 Å². The Bertz CT molecular complexity index is 910. The Balaban J connectivity index is 1.68. The van der Waals surface area contributed by atoms with Crippen molar-refractivity contribution in [1.29, 1.82) is 0 Å². The number of amides is 1. The van der Waals surface area contributed by atoms with Gasteiger partial charge in [0.05, 0.1) is 25.3 Å². The standard InChI is InChI=1S/C20H21FN4O2/c1-14(16-5-7-17(8-6-16)25-13-22-12-23-25)24(2)20(26)11-15-4-9-19(27-3)18(21)10-15/h4-10,12-14H,11H2,1-3H3/t14-/m0/s1. The van der Waals surface area contributed by atoms with E-state index < -0.39 is 5.82 Å². The summed E-state index contributed by atoms with van der Waals surface area (Å²) in [6, 6.07) is 12.2. The SMILES string of the molecule is COc1ccc(CC(=O)N(C)[C@@H](C)c2ccc(-n3cncn3)cc2)cc1F. The van der Waals surface area contributed by atoms with Gasteiger partial charge < -0.3 is 9.64 Å². The minimum atomic E-state index is -0.470. The van der Waals surface area contributed by atoms with E-state index in [9.17, 15) is 9.18 Å². The molecule has 27 heavy (non-hydrogen) atoms. The highest BCUT2D eigenvalue weighted by atomic mass is 19.1. The molecule has 0 unspecified atom stereocenters. The van der Waals surface area contributed by atoms with Crippen molar-refractivity contribution in [1.82, 2.24) is 19.7 Å². The van der Waals surface area contributed by atoms with E-state index in [1.807, 2.05) is 31.2 Å². The summed E-state index contributed by atoms with van der Waals surface area (Å²) in [4.78, 5) is 18.2. The van der Waals surface area contributed by atoms with Crippen LogP contribution in [-0.4, -0.2) is 39.7 Å². The van der Waals surface area contributed by atoms with Crippen LogP contribution in [0, 0.1) is 5.82 Å². The normalized spacial score (nSPS) is 11.9. The van der Waals surface area contributed by atoms with Crippen LogP contribution in [0.1, 0.15) is 24.1 Å². The van der Waals surface area contributed by atoms with E-state index in [1.165, 1.54) is 25.6 Å². The third kappa shape index (κ3) is 4.13. The minimum Gasteiger partial charge on any atom is -0.494 e. The molecule has 7 heteroatoms. The third-order valence-corrected chi connectivity index (χ3v) is 4.60. The number of rotatable bonds is 6. The molecule has 0 radical (unpaired) electrons. The predicted octanol–water partition coefficient (Wildman–Crippen LogP) is 3.18. The molecule has 2 aromatic carbocycles. The number of carbonyl (C=O) groups excluding carboxylic acids is 1. The van der Waals surface area contributed by atoms with Crippen LogP contribution in [0.5, 0.6) is 5.75 Å². The van der Waals surface area contributed by atoms with Crippen molar-refractivity contribution in [2.24, 2.45) is 0 Å². The second-order valence-electron chi connectivity index (χ2n) is 6.26. The molecule has 0 aliphatic heterocycles. The molecule has 1 aromatic heterocycles. The summed E-state index contributed by atoms with van der Waals surface area (Å²) in [6.07, 6.45) is 3.23. The maximum Gasteiger partial charge on any atom is 0.227 e. The molecule has 1 atom stereocenters. The number of benzene rings is 2. The number of likely N-dealkylation sites (N-methyl/N-ethyl adjacent to an activating group) is 1. The van der Waals surface area contributed by atoms with Gasteiger partial charge in [-0.15, -0.1) is 0 Å². The van der Waals surface area contributed by atoms with Crippen LogP contribution in [0.25, 0.3) is 5.69 Å². The number of ether oxygens (including phenoxy) is 1. The van der Waals surface area contributed by atoms with Crippen molar-refractivity contribution >= 4 is 5.91 Å². The first-order valence-electron chi connectivity index (χ1n) is 8.52. The first kappa shape index (κ1) is 18.6. The Morgan fingerprint density at radius 2 is 2.00 bits per heavy atom. The summed E-state index contributed by atoms with van der Waals surface area (Å²) in [6.45, 7) is 1.96. The Hall–Kier alpha value is -3.22. The fourth-order valence-electron chi connectivity index (χ4n) is 2.81. The molecular formula is C20H21FN4O2. The summed E-state index contributed by atoms with van der Waals surface area (Å²) < 4.78 is 20.4. The molecule has 3 rings (SSSR count). The molecule has 3 aromatic rings. The quantitative estimate of drug-likeness (QED) is 0.670. The number of aromatic nitrogens is 3. The summed E-state index contributed by atoms with van der Waals surface area (Å²) in [5.41, 5.74) is 2.50. The van der Waals surface area contributed by atoms with Gasteiger partial charge in [0, 0.05) is 7.05 Å². The molecule has 0 bridgehead atoms. The predicted molar refractivity (Wildman–Crippen MR) is 99.2 cm³/mol. The molecule has 0 aliphatic rings. The van der Waals surface area contributed by atoms with E-state index in [4.69, 9.17) is 4.74 Å². The van der Waals surface area contributed by atoms with E-state index in [-0.39, 0.29) is 24.1 Å². The van der Waals surface area contributed by atoms with E-state index in [2.05, 4.69) is 10.1 Å². The zero-order valence-electron chi connectivity index (χ0n) is 15.5. The average molecular weight is 368 g/mol. The number of hydrogen-bond acceptors (Lipinski definition) is 4. The van der Waals surface area contributed by atoms with Crippen LogP contribution in [0.15, 0.2) is 55.1 Å². The van der Waals surface area contributed by atoms with Crippen molar-refractivity contribution in [2.45, 2.75) is 19.4 Å². The van der Waals surface area contributed by atoms with Crippen LogP contribution in [0.2, 0.25) is 0 Å². The molecule has 0 aliphatic carbocycles. The van der Waals surface area contributed by atoms with Gasteiger partial charge in [-0.3, -0.25) is 4.79 Å². The number of nitrogens with zero attached hydrogens (tertiary/aromatic N) is 4. The van der Waals surface area contributed by atoms with E-state index >= 15 is 0 Å². The van der Waals surface area contributed by atoms with Gasteiger partial charge in [0.1, 0.15) is 12.7 Å². The van der Waals surface area contributed by atoms with Crippen LogP contribution in [0.3, 0.4) is 0 Å². The first-order chi connectivity index (χ1) is 13.0. The molecule has 0 saturated heterocycles. The first-order valence-corrected chi connectivity index (χ1v) is 8.52. The van der Waals surface area contributed by atoms with E-state index in [0.717, 1.165) is 11.3 Å². The zero-order chi connectivity index (χ0) is 19.4. The molecule has 1 amide bonds. The fraction of sp³-hybridized carbons (Fsp3) is 0.250. The highest BCUT2D eigenvalue weighted by molar-refractivity contribution is 5.79. The second kappa shape index (κ2) is 7.99. The van der Waals surface area contributed by atoms with Crippen LogP contribution in [-0.2, 0) is 11.2 Å². The van der Waals surface area contributed by atoms with Crippen molar-refractivity contribution in [3.63, 3.8) is 0 Å². The molecule has 140 valence electrons. The lowest BCUT2D eigenvalue weighted by molar-refractivity contribution is -0.131. The molecule has 1 heterocycles. The minimum absolute atomic E-state index is 0.0904. The van der Waals surface area contributed by atoms with Crippen LogP contribution < -0.4 is 4.74 Å². The number of methoxy groups -OCH3 is 1. The maximum atomic E-state index is 13.8. The lowest BCUT2D eigenvalue weighted by atomic mass is 10.1. The topological polar surface area (TPSA) is 60.2 Å². The summed E-state index contributed by atoms with van der Waals surface area (Å²) >= 11 is 0. The van der Waals surface area contributed by atoms with Gasteiger partial charge in [0.25, 0.3) is 0 Å². The molecule has 0 spiro atoms. The summed E-state index contributed by atoms with van der Waals surface area (Å²) in [5, 5.41) is 4.09. The Kier molecular flexibility index (Phi) is 5.49. The van der Waals surface area contributed by atoms with Gasteiger partial charge >= 0.3 is 0 Å². The highest BCUT2D eigenvalue weighted by Crippen LogP contribution is 2.22. The lowest BCUT2D eigenvalue weighted by Crippen LogP contribution is -2.31. The molecule has 0 fully saturated rings. The van der Waals surface area contributed by atoms with Gasteiger partial charge in [-0.25, -0.2) is 14.1 Å². The van der Waals surface area contributed by atoms with Crippen LogP contribution in [0.4, 0.5) is 4.39 Å². The number of hydrogen-bond donors (Lipinski definition) is 0. The van der Waals surface area contributed by atoms with Gasteiger partial charge in [-0.1, -0.05) is 18.2 Å². The molecule has 0 N–H and O–H groups in total. The third-order valence-electron chi connectivity index (χ3n) is 4.60. The second-order valence-corrected chi connectivity index (χ2v) is 6.26. The van der Waals surface area contributed by atoms with E-state index in [1.54, 1.807) is 29.0 Å². The average Bonchev–Trinajstić information content (AvgIpc) is 3.22. The van der Waals surface area contributed by atoms with Crippen molar-refractivity contribution in [2.75, 3.05) is 14.2 Å². The maximum absolute atomic E-state index is 13.8. The van der Waals surface area contributed by atoms with E-state index in [0.29, 0.717) is 5.56 Å². The van der Waals surface area contributed by atoms with Crippen LogP contribution >= 0.6 is 0 Å². The van der Waals surface area contributed by atoms with Gasteiger partial charge in [0.15, 0.2) is 11.6 Å². The van der Waals surface area contributed by atoms with Crippen molar-refractivity contribution < 1.29 is 13.9 Å². The molecular weight excluding hydrogens is 347 g/mol. The van der Waals surface area contributed by atoms with Gasteiger partial charge in [0.2, 0.25) is 5.91 Å². The zero-order valence-corrected chi connectivity index (χ0v) is 15.5. The monoisotopic (exact) mass is 368 g/mol. The Morgan fingerprint density at radius 3 is 2.59 bits per heavy atom. The number of carbonyl (C=O) groups is 1. The Morgan fingerprint density at radius 1 is 1.26 bits per heavy atom. The largest absolute Gasteiger partial charge is 0.494 e. The summed E-state index contributed by atoms with van der Waals surface area (Å²) in [7, 11) is 3.16. The molecule has 6 nitrogen and oxygen atoms in total. The van der Waals surface area contributed by atoms with Gasteiger partial charge in [-0.2, -0.15) is 5.10 Å². The fourth-order valence-corrected chi connectivity index (χ4v) is 2.81.